The minimum atomic E-state index is -0.330. The summed E-state index contributed by atoms with van der Waals surface area (Å²) in [5.41, 5.74) is 7.22. The summed E-state index contributed by atoms with van der Waals surface area (Å²) >= 11 is 0. The fourth-order valence-electron chi connectivity index (χ4n) is 5.07. The van der Waals surface area contributed by atoms with Gasteiger partial charge in [-0.1, -0.05) is 97.1 Å². The Morgan fingerprint density at radius 3 is 2.19 bits per heavy atom. The Morgan fingerprint density at radius 2 is 1.38 bits per heavy atom. The molecule has 1 aromatic heterocycles. The first-order valence-corrected chi connectivity index (χ1v) is 12.3. The average molecular weight is 481 g/mol. The number of hydrogen-bond donors (Lipinski definition) is 0. The third kappa shape index (κ3) is 4.25. The summed E-state index contributed by atoms with van der Waals surface area (Å²) in [6.07, 6.45) is 0.628. The number of carbonyl (C=O) groups excluding carboxylic acids is 1. The van der Waals surface area contributed by atoms with Crippen molar-refractivity contribution in [1.82, 2.24) is 0 Å². The van der Waals surface area contributed by atoms with Crippen molar-refractivity contribution >= 4 is 27.5 Å². The molecule has 0 saturated carbocycles. The van der Waals surface area contributed by atoms with Crippen LogP contribution in [-0.4, -0.2) is 5.78 Å². The van der Waals surface area contributed by atoms with Crippen molar-refractivity contribution in [3.8, 4) is 22.3 Å². The molecule has 0 amide bonds. The minimum Gasteiger partial charge on any atom is -0.422 e. The van der Waals surface area contributed by atoms with Gasteiger partial charge >= 0.3 is 5.63 Å². The number of hydrogen-bond acceptors (Lipinski definition) is 3. The molecule has 1 heterocycles. The highest BCUT2D eigenvalue weighted by molar-refractivity contribution is 6.04. The fourth-order valence-corrected chi connectivity index (χ4v) is 5.07. The van der Waals surface area contributed by atoms with Crippen LogP contribution >= 0.6 is 0 Å². The van der Waals surface area contributed by atoms with Crippen molar-refractivity contribution in [1.29, 1.82) is 0 Å². The highest BCUT2D eigenvalue weighted by Crippen LogP contribution is 2.34. The highest BCUT2D eigenvalue weighted by atomic mass is 16.4. The number of rotatable bonds is 5. The quantitative estimate of drug-likeness (QED) is 0.142. The fraction of sp³-hybridized carbons (Fsp3) is 0.0588. The van der Waals surface area contributed by atoms with E-state index in [0.29, 0.717) is 23.0 Å². The van der Waals surface area contributed by atoms with Gasteiger partial charge in [-0.15, -0.1) is 0 Å². The summed E-state index contributed by atoms with van der Waals surface area (Å²) in [5.74, 6) is 0.0334. The molecular weight excluding hydrogens is 456 g/mol. The molecule has 0 aliphatic carbocycles. The van der Waals surface area contributed by atoms with E-state index >= 15 is 0 Å². The average Bonchev–Trinajstić information content (AvgIpc) is 2.94. The van der Waals surface area contributed by atoms with Crippen molar-refractivity contribution in [3.63, 3.8) is 0 Å². The molecule has 5 aromatic carbocycles. The maximum atomic E-state index is 12.6. The monoisotopic (exact) mass is 480 g/mol. The van der Waals surface area contributed by atoms with Crippen LogP contribution in [0.15, 0.2) is 124 Å². The Morgan fingerprint density at radius 1 is 0.649 bits per heavy atom. The van der Waals surface area contributed by atoms with Gasteiger partial charge < -0.3 is 4.42 Å². The van der Waals surface area contributed by atoms with Crippen LogP contribution in [0.2, 0.25) is 0 Å². The molecule has 37 heavy (non-hydrogen) atoms. The Kier molecular flexibility index (Phi) is 5.74. The second-order valence-corrected chi connectivity index (χ2v) is 9.28. The van der Waals surface area contributed by atoms with Gasteiger partial charge in [-0.05, 0) is 70.3 Å². The molecule has 0 spiro atoms. The van der Waals surface area contributed by atoms with E-state index in [1.165, 1.54) is 0 Å². The Hall–Kier alpha value is -4.76. The third-order valence-corrected chi connectivity index (χ3v) is 6.89. The molecule has 6 rings (SSSR count). The van der Waals surface area contributed by atoms with Crippen LogP contribution in [0.25, 0.3) is 44.0 Å². The second-order valence-electron chi connectivity index (χ2n) is 9.28. The predicted molar refractivity (Wildman–Crippen MR) is 150 cm³/mol. The highest BCUT2D eigenvalue weighted by Gasteiger charge is 2.15. The van der Waals surface area contributed by atoms with Gasteiger partial charge in [0.1, 0.15) is 5.58 Å². The van der Waals surface area contributed by atoms with Gasteiger partial charge in [0.15, 0.2) is 5.78 Å². The standard InChI is InChI=1S/C34H24O3/c1-22(35)27-11-5-6-12-28(27)32-21-25(24-9-3-2-4-10-24)16-17-26(32)19-23-15-18-30-29-13-7-8-14-31(29)34(36)37-33(30)20-23/h2-18,20-21H,19H2,1H3. The van der Waals surface area contributed by atoms with Gasteiger partial charge in [-0.25, -0.2) is 4.79 Å². The van der Waals surface area contributed by atoms with E-state index in [1.54, 1.807) is 13.0 Å². The van der Waals surface area contributed by atoms with Gasteiger partial charge in [0, 0.05) is 10.9 Å². The molecule has 0 unspecified atom stereocenters. The van der Waals surface area contributed by atoms with Crippen molar-refractivity contribution in [2.75, 3.05) is 0 Å². The first kappa shape index (κ1) is 22.7. The molecule has 0 N–H and O–H groups in total. The first-order chi connectivity index (χ1) is 18.1. The van der Waals surface area contributed by atoms with Crippen molar-refractivity contribution in [2.24, 2.45) is 0 Å². The zero-order chi connectivity index (χ0) is 25.4. The molecule has 0 radical (unpaired) electrons. The van der Waals surface area contributed by atoms with Crippen molar-refractivity contribution in [2.45, 2.75) is 13.3 Å². The zero-order valence-electron chi connectivity index (χ0n) is 20.4. The van der Waals surface area contributed by atoms with E-state index in [4.69, 9.17) is 4.42 Å². The van der Waals surface area contributed by atoms with E-state index in [2.05, 4.69) is 36.4 Å². The van der Waals surface area contributed by atoms with E-state index in [1.807, 2.05) is 72.8 Å². The Labute approximate surface area is 214 Å². The van der Waals surface area contributed by atoms with Gasteiger partial charge in [-0.3, -0.25) is 4.79 Å². The summed E-state index contributed by atoms with van der Waals surface area (Å²) < 4.78 is 5.70. The molecule has 0 saturated heterocycles. The van der Waals surface area contributed by atoms with Crippen LogP contribution in [0.3, 0.4) is 0 Å². The number of carbonyl (C=O) groups is 1. The van der Waals surface area contributed by atoms with Crippen LogP contribution in [0.4, 0.5) is 0 Å². The maximum Gasteiger partial charge on any atom is 0.344 e. The van der Waals surface area contributed by atoms with Crippen molar-refractivity contribution < 1.29 is 9.21 Å². The molecule has 0 aliphatic rings. The maximum absolute atomic E-state index is 12.6. The summed E-state index contributed by atoms with van der Waals surface area (Å²) in [4.78, 5) is 25.1. The summed E-state index contributed by atoms with van der Waals surface area (Å²) in [7, 11) is 0. The zero-order valence-corrected chi connectivity index (χ0v) is 20.4. The number of ketones is 1. The lowest BCUT2D eigenvalue weighted by Gasteiger charge is -2.15. The van der Waals surface area contributed by atoms with E-state index < -0.39 is 0 Å². The SMILES string of the molecule is CC(=O)c1ccccc1-c1cc(-c2ccccc2)ccc1Cc1ccc2c(c1)oc(=O)c1ccccc12. The van der Waals surface area contributed by atoms with E-state index in [9.17, 15) is 9.59 Å². The molecule has 3 nitrogen and oxygen atoms in total. The third-order valence-electron chi connectivity index (χ3n) is 6.89. The predicted octanol–water partition coefficient (Wildman–Crippen LogP) is 8.07. The molecule has 0 bridgehead atoms. The van der Waals surface area contributed by atoms with Crippen LogP contribution < -0.4 is 5.63 Å². The number of fused-ring (bicyclic) bond motifs is 3. The first-order valence-electron chi connectivity index (χ1n) is 12.3. The lowest BCUT2D eigenvalue weighted by molar-refractivity contribution is 0.101. The molecular formula is C34H24O3. The van der Waals surface area contributed by atoms with Crippen LogP contribution in [-0.2, 0) is 6.42 Å². The molecule has 6 aromatic rings. The van der Waals surface area contributed by atoms with Gasteiger partial charge in [0.05, 0.1) is 5.39 Å². The topological polar surface area (TPSA) is 47.3 Å². The molecule has 0 fully saturated rings. The molecule has 3 heteroatoms. The normalized spacial score (nSPS) is 11.2. The van der Waals surface area contributed by atoms with Crippen LogP contribution in [0.5, 0.6) is 0 Å². The van der Waals surface area contributed by atoms with Crippen molar-refractivity contribution in [3.05, 3.63) is 142 Å². The van der Waals surface area contributed by atoms with Crippen LogP contribution in [0, 0.1) is 0 Å². The van der Waals surface area contributed by atoms with Gasteiger partial charge in [-0.2, -0.15) is 0 Å². The largest absolute Gasteiger partial charge is 0.422 e. The molecule has 178 valence electrons. The smallest absolute Gasteiger partial charge is 0.344 e. The summed E-state index contributed by atoms with van der Waals surface area (Å²) in [6, 6.07) is 38.0. The van der Waals surface area contributed by atoms with Crippen LogP contribution in [0.1, 0.15) is 28.4 Å². The number of benzene rings is 5. The minimum absolute atomic E-state index is 0.0334. The lowest BCUT2D eigenvalue weighted by Crippen LogP contribution is -2.01. The number of Topliss-reactive ketones (excluding diaryl/α,β-unsaturated/α-hetero) is 1. The summed E-state index contributed by atoms with van der Waals surface area (Å²) in [6.45, 7) is 1.61. The van der Waals surface area contributed by atoms with Gasteiger partial charge in [0.25, 0.3) is 0 Å². The summed E-state index contributed by atoms with van der Waals surface area (Å²) in [5, 5.41) is 2.39. The lowest BCUT2D eigenvalue weighted by atomic mass is 9.88. The Bertz CT molecular complexity index is 1850. The van der Waals surface area contributed by atoms with E-state index in [0.717, 1.165) is 44.2 Å². The second kappa shape index (κ2) is 9.36. The van der Waals surface area contributed by atoms with Gasteiger partial charge in [0.2, 0.25) is 0 Å². The molecule has 0 aliphatic heterocycles. The molecule has 0 atom stereocenters. The van der Waals surface area contributed by atoms with E-state index in [-0.39, 0.29) is 11.4 Å². The Balaban J connectivity index is 1.50.